The summed E-state index contributed by atoms with van der Waals surface area (Å²) in [5, 5.41) is 11.8. The molecule has 2 fully saturated rings. The fraction of sp³-hybridized carbons (Fsp3) is 0.364. The van der Waals surface area contributed by atoms with E-state index in [1.54, 1.807) is 17.0 Å². The van der Waals surface area contributed by atoms with Gasteiger partial charge in [0, 0.05) is 42.9 Å². The number of likely N-dealkylation sites (tertiary alicyclic amines) is 1. The fourth-order valence-corrected chi connectivity index (χ4v) is 5.68. The van der Waals surface area contributed by atoms with Crippen LogP contribution in [0.25, 0.3) is 0 Å². The standard InChI is InChI=1S/C33H30F4N4O4/c34-28-17-27(9-3-22(28)18-38)45-26-10-7-25(8-11-26)40-31(43)29-12-4-23(19-39-29)32(44)41-15-13-21(14-16-41)30(42)20-1-5-24(6-2-20)33(35,36)37/h1-6,9,12,17,19,21,25-26H,7-8,10-11,13-16H2,(H,40,43). The predicted molar refractivity (Wildman–Crippen MR) is 154 cm³/mol. The van der Waals surface area contributed by atoms with Crippen LogP contribution in [0.2, 0.25) is 0 Å². The number of carbonyl (C=O) groups excluding carboxylic acids is 3. The molecule has 8 nitrogen and oxygen atoms in total. The van der Waals surface area contributed by atoms with Gasteiger partial charge in [-0.15, -0.1) is 0 Å². The predicted octanol–water partition coefficient (Wildman–Crippen LogP) is 5.97. The van der Waals surface area contributed by atoms with Gasteiger partial charge >= 0.3 is 6.18 Å². The third kappa shape index (κ3) is 7.66. The lowest BCUT2D eigenvalue weighted by Crippen LogP contribution is -2.40. The molecule has 1 aliphatic heterocycles. The summed E-state index contributed by atoms with van der Waals surface area (Å²) in [5.41, 5.74) is -0.178. The average molecular weight is 623 g/mol. The molecule has 0 spiro atoms. The lowest BCUT2D eigenvalue weighted by molar-refractivity contribution is -0.137. The number of aromatic nitrogens is 1. The highest BCUT2D eigenvalue weighted by atomic mass is 19.4. The maximum atomic E-state index is 13.9. The van der Waals surface area contributed by atoms with Gasteiger partial charge in [-0.1, -0.05) is 12.1 Å². The Morgan fingerprint density at radius 3 is 2.16 bits per heavy atom. The first-order chi connectivity index (χ1) is 21.5. The summed E-state index contributed by atoms with van der Waals surface area (Å²) >= 11 is 0. The SMILES string of the molecule is N#Cc1ccc(OC2CCC(NC(=O)c3ccc(C(=O)N4CCC(C(=O)c5ccc(C(F)(F)F)cc5)CC4)cn3)CC2)cc1F. The molecule has 2 heterocycles. The Labute approximate surface area is 257 Å². The largest absolute Gasteiger partial charge is 0.490 e. The van der Waals surface area contributed by atoms with E-state index in [0.29, 0.717) is 62.9 Å². The zero-order valence-corrected chi connectivity index (χ0v) is 24.1. The van der Waals surface area contributed by atoms with Crippen molar-refractivity contribution in [2.24, 2.45) is 5.92 Å². The van der Waals surface area contributed by atoms with Crippen LogP contribution in [0, 0.1) is 23.1 Å². The lowest BCUT2D eigenvalue weighted by atomic mass is 9.88. The number of carbonyl (C=O) groups is 3. The van der Waals surface area contributed by atoms with Crippen molar-refractivity contribution in [3.63, 3.8) is 0 Å². The molecule has 2 aromatic carbocycles. The third-order valence-electron chi connectivity index (χ3n) is 8.27. The summed E-state index contributed by atoms with van der Waals surface area (Å²) in [4.78, 5) is 44.4. The van der Waals surface area contributed by atoms with Gasteiger partial charge in [0.2, 0.25) is 0 Å². The van der Waals surface area contributed by atoms with E-state index in [9.17, 15) is 31.9 Å². The number of hydrogen-bond acceptors (Lipinski definition) is 6. The van der Waals surface area contributed by atoms with Crippen molar-refractivity contribution in [3.8, 4) is 11.8 Å². The number of ketones is 1. The molecule has 1 aromatic heterocycles. The molecule has 1 saturated heterocycles. The van der Waals surface area contributed by atoms with Gasteiger partial charge < -0.3 is 15.0 Å². The van der Waals surface area contributed by atoms with Crippen molar-refractivity contribution >= 4 is 17.6 Å². The number of hydrogen-bond donors (Lipinski definition) is 1. The number of halogens is 4. The van der Waals surface area contributed by atoms with Crippen molar-refractivity contribution in [3.05, 3.63) is 94.6 Å². The number of nitrogens with one attached hydrogen (secondary N) is 1. The molecular weight excluding hydrogens is 592 g/mol. The minimum Gasteiger partial charge on any atom is -0.490 e. The fourth-order valence-electron chi connectivity index (χ4n) is 5.68. The molecule has 45 heavy (non-hydrogen) atoms. The Bertz CT molecular complexity index is 1590. The van der Waals surface area contributed by atoms with Crippen LogP contribution in [-0.2, 0) is 6.18 Å². The van der Waals surface area contributed by atoms with E-state index in [2.05, 4.69) is 10.3 Å². The molecule has 12 heteroatoms. The molecule has 5 rings (SSSR count). The number of benzene rings is 2. The second-order valence-electron chi connectivity index (χ2n) is 11.3. The number of piperidine rings is 1. The van der Waals surface area contributed by atoms with E-state index in [4.69, 9.17) is 10.00 Å². The van der Waals surface area contributed by atoms with Crippen LogP contribution in [-0.4, -0.2) is 52.7 Å². The van der Waals surface area contributed by atoms with Crippen LogP contribution >= 0.6 is 0 Å². The maximum Gasteiger partial charge on any atom is 0.416 e. The van der Waals surface area contributed by atoms with Crippen molar-refractivity contribution < 1.29 is 36.7 Å². The van der Waals surface area contributed by atoms with Gasteiger partial charge in [-0.2, -0.15) is 18.4 Å². The first-order valence-corrected chi connectivity index (χ1v) is 14.7. The summed E-state index contributed by atoms with van der Waals surface area (Å²) in [5.74, 6) is -1.56. The average Bonchev–Trinajstić information content (AvgIpc) is 3.05. The highest BCUT2D eigenvalue weighted by molar-refractivity contribution is 5.99. The topological polar surface area (TPSA) is 112 Å². The molecule has 234 valence electrons. The van der Waals surface area contributed by atoms with Crippen LogP contribution in [0.15, 0.2) is 60.8 Å². The van der Waals surface area contributed by atoms with Crippen molar-refractivity contribution in [1.29, 1.82) is 5.26 Å². The molecule has 1 N–H and O–H groups in total. The van der Waals surface area contributed by atoms with Crippen LogP contribution in [0.5, 0.6) is 5.75 Å². The Morgan fingerprint density at radius 2 is 1.58 bits per heavy atom. The first kappa shape index (κ1) is 31.6. The van der Waals surface area contributed by atoms with E-state index in [1.165, 1.54) is 42.6 Å². The molecule has 2 aliphatic rings. The van der Waals surface area contributed by atoms with E-state index in [-0.39, 0.29) is 46.6 Å². The molecular formula is C33H30F4N4O4. The van der Waals surface area contributed by atoms with Crippen molar-refractivity contribution in [1.82, 2.24) is 15.2 Å². The van der Waals surface area contributed by atoms with Crippen LogP contribution in [0.4, 0.5) is 17.6 Å². The highest BCUT2D eigenvalue weighted by Crippen LogP contribution is 2.30. The molecule has 3 aromatic rings. The summed E-state index contributed by atoms with van der Waals surface area (Å²) in [6.07, 6.45) is 0.125. The minimum absolute atomic E-state index is 0.0465. The highest BCUT2D eigenvalue weighted by Gasteiger charge is 2.32. The Balaban J connectivity index is 1.07. The van der Waals surface area contributed by atoms with Crippen molar-refractivity contribution in [2.75, 3.05) is 13.1 Å². The van der Waals surface area contributed by atoms with Gasteiger partial charge in [-0.05, 0) is 74.9 Å². The van der Waals surface area contributed by atoms with Crippen molar-refractivity contribution in [2.45, 2.75) is 56.8 Å². The zero-order chi connectivity index (χ0) is 32.1. The maximum absolute atomic E-state index is 13.9. The number of alkyl halides is 3. The van der Waals surface area contributed by atoms with E-state index in [0.717, 1.165) is 12.1 Å². The van der Waals surface area contributed by atoms with E-state index < -0.39 is 23.5 Å². The smallest absolute Gasteiger partial charge is 0.416 e. The molecule has 2 amide bonds. The summed E-state index contributed by atoms with van der Waals surface area (Å²) in [6.45, 7) is 0.620. The van der Waals surface area contributed by atoms with Gasteiger partial charge in [-0.3, -0.25) is 19.4 Å². The van der Waals surface area contributed by atoms with Crippen LogP contribution in [0.3, 0.4) is 0 Å². The van der Waals surface area contributed by atoms with Gasteiger partial charge in [0.1, 0.15) is 23.3 Å². The summed E-state index contributed by atoms with van der Waals surface area (Å²) in [7, 11) is 0. The number of amides is 2. The molecule has 0 bridgehead atoms. The van der Waals surface area contributed by atoms with Gasteiger partial charge in [0.25, 0.3) is 11.8 Å². The number of Topliss-reactive ketones (excluding diaryl/α,β-unsaturated/α-hetero) is 1. The Kier molecular flexibility index (Phi) is 9.46. The quantitative estimate of drug-likeness (QED) is 0.257. The zero-order valence-electron chi connectivity index (χ0n) is 24.1. The number of nitriles is 1. The number of ether oxygens (including phenoxy) is 1. The lowest BCUT2D eigenvalue weighted by Gasteiger charge is -2.31. The van der Waals surface area contributed by atoms with Gasteiger partial charge in [-0.25, -0.2) is 4.39 Å². The molecule has 0 atom stereocenters. The minimum atomic E-state index is -4.47. The summed E-state index contributed by atoms with van der Waals surface area (Å²) < 4.78 is 58.2. The first-order valence-electron chi connectivity index (χ1n) is 14.7. The van der Waals surface area contributed by atoms with Crippen LogP contribution < -0.4 is 10.1 Å². The van der Waals surface area contributed by atoms with E-state index in [1.807, 2.05) is 0 Å². The number of pyridine rings is 1. The molecule has 0 unspecified atom stereocenters. The second-order valence-corrected chi connectivity index (χ2v) is 11.3. The number of rotatable bonds is 7. The molecule has 1 aliphatic carbocycles. The van der Waals surface area contributed by atoms with Crippen LogP contribution in [0.1, 0.15) is 80.9 Å². The monoisotopic (exact) mass is 622 g/mol. The number of nitrogens with zero attached hydrogens (tertiary/aromatic N) is 3. The molecule has 1 saturated carbocycles. The Hall–Kier alpha value is -4.79. The molecule has 0 radical (unpaired) electrons. The third-order valence-corrected chi connectivity index (χ3v) is 8.27. The van der Waals surface area contributed by atoms with E-state index >= 15 is 0 Å². The second kappa shape index (κ2) is 13.5. The van der Waals surface area contributed by atoms with Gasteiger partial charge in [0.15, 0.2) is 5.78 Å². The van der Waals surface area contributed by atoms with Gasteiger partial charge in [0.05, 0.1) is 22.8 Å². The summed E-state index contributed by atoms with van der Waals surface area (Å²) in [6, 6.07) is 13.0. The normalized spacial score (nSPS) is 19.0. The Morgan fingerprint density at radius 1 is 0.911 bits per heavy atom.